The quantitative estimate of drug-likeness (QED) is 0.812. The molecular formula is C18H18O4S. The van der Waals surface area contributed by atoms with Crippen LogP contribution in [0.2, 0.25) is 0 Å². The average molecular weight is 330 g/mol. The van der Waals surface area contributed by atoms with Gasteiger partial charge < -0.3 is 9.47 Å². The Morgan fingerprint density at radius 1 is 0.957 bits per heavy atom. The average Bonchev–Trinajstić information content (AvgIpc) is 3.34. The number of epoxide rings is 1. The van der Waals surface area contributed by atoms with Gasteiger partial charge in [0.2, 0.25) is 0 Å². The second-order valence-electron chi connectivity index (χ2n) is 6.14. The fourth-order valence-electron chi connectivity index (χ4n) is 3.13. The minimum absolute atomic E-state index is 0.245. The van der Waals surface area contributed by atoms with Gasteiger partial charge in [0.1, 0.15) is 6.10 Å². The molecule has 4 rings (SSSR count). The maximum Gasteiger partial charge on any atom is 0.186 e. The molecule has 2 saturated heterocycles. The molecule has 4 nitrogen and oxygen atoms in total. The van der Waals surface area contributed by atoms with Crippen LogP contribution in [0.15, 0.2) is 59.5 Å². The molecule has 0 bridgehead atoms. The number of hydrogen-bond donors (Lipinski definition) is 0. The smallest absolute Gasteiger partial charge is 0.186 e. The Labute approximate surface area is 136 Å². The van der Waals surface area contributed by atoms with E-state index in [9.17, 15) is 8.42 Å². The van der Waals surface area contributed by atoms with Crippen molar-refractivity contribution in [2.45, 2.75) is 42.0 Å². The molecule has 2 aromatic carbocycles. The van der Waals surface area contributed by atoms with Crippen molar-refractivity contribution < 1.29 is 17.9 Å². The number of hydrogen-bond acceptors (Lipinski definition) is 4. The first kappa shape index (κ1) is 14.9. The summed E-state index contributed by atoms with van der Waals surface area (Å²) in [7, 11) is -3.43. The third-order valence-electron chi connectivity index (χ3n) is 4.51. The maximum atomic E-state index is 13.0. The van der Waals surface area contributed by atoms with Crippen molar-refractivity contribution in [2.24, 2.45) is 0 Å². The molecule has 0 aliphatic carbocycles. The van der Waals surface area contributed by atoms with Crippen molar-refractivity contribution in [1.82, 2.24) is 0 Å². The molecule has 0 spiro atoms. The van der Waals surface area contributed by atoms with E-state index in [1.807, 2.05) is 49.4 Å². The normalized spacial score (nSPS) is 29.8. The van der Waals surface area contributed by atoms with Gasteiger partial charge in [-0.2, -0.15) is 0 Å². The first-order chi connectivity index (χ1) is 11.1. The SMILES string of the molecule is Cc1ccc(S(=O)(=O)[C@H]2C[C@@H](c3ccccc3)O[C@@H]3O[C@@H]32)cc1. The molecule has 2 heterocycles. The van der Waals surface area contributed by atoms with Gasteiger partial charge >= 0.3 is 0 Å². The van der Waals surface area contributed by atoms with Gasteiger partial charge in [-0.15, -0.1) is 0 Å². The molecule has 2 aliphatic rings. The highest BCUT2D eigenvalue weighted by Crippen LogP contribution is 2.45. The number of sulfone groups is 1. The van der Waals surface area contributed by atoms with Gasteiger partial charge in [0.15, 0.2) is 16.1 Å². The standard InChI is InChI=1S/C18H18O4S/c1-12-7-9-14(10-8-12)23(19,20)16-11-15(21-18-17(16)22-18)13-5-3-2-4-6-13/h2-10,15-18H,11H2,1H3/t15-,16-,17+,18+/m0/s1. The van der Waals surface area contributed by atoms with Gasteiger partial charge in [0.25, 0.3) is 0 Å². The van der Waals surface area contributed by atoms with Gasteiger partial charge in [-0.1, -0.05) is 48.0 Å². The van der Waals surface area contributed by atoms with Crippen molar-refractivity contribution in [3.63, 3.8) is 0 Å². The number of aryl methyl sites for hydroxylation is 1. The van der Waals surface area contributed by atoms with Crippen molar-refractivity contribution >= 4 is 9.84 Å². The highest BCUT2D eigenvalue weighted by Gasteiger charge is 2.57. The third kappa shape index (κ3) is 2.69. The molecule has 0 aromatic heterocycles. The predicted molar refractivity (Wildman–Crippen MR) is 85.7 cm³/mol. The largest absolute Gasteiger partial charge is 0.342 e. The Hall–Kier alpha value is -1.69. The molecule has 23 heavy (non-hydrogen) atoms. The lowest BCUT2D eigenvalue weighted by molar-refractivity contribution is -0.0220. The number of rotatable bonds is 3. The number of fused-ring (bicyclic) bond motifs is 1. The van der Waals surface area contributed by atoms with E-state index >= 15 is 0 Å². The van der Waals surface area contributed by atoms with E-state index in [4.69, 9.17) is 9.47 Å². The van der Waals surface area contributed by atoms with E-state index < -0.39 is 21.4 Å². The van der Waals surface area contributed by atoms with Crippen LogP contribution in [-0.4, -0.2) is 26.1 Å². The molecule has 2 fully saturated rings. The van der Waals surface area contributed by atoms with Crippen LogP contribution in [0.3, 0.4) is 0 Å². The van der Waals surface area contributed by atoms with Crippen molar-refractivity contribution in [2.75, 3.05) is 0 Å². The zero-order valence-corrected chi connectivity index (χ0v) is 13.6. The second-order valence-corrected chi connectivity index (χ2v) is 8.30. The Morgan fingerprint density at radius 2 is 1.65 bits per heavy atom. The molecule has 2 aliphatic heterocycles. The first-order valence-corrected chi connectivity index (χ1v) is 9.27. The van der Waals surface area contributed by atoms with Gasteiger partial charge in [-0.3, -0.25) is 0 Å². The van der Waals surface area contributed by atoms with E-state index in [0.717, 1.165) is 11.1 Å². The second kappa shape index (κ2) is 5.44. The van der Waals surface area contributed by atoms with Crippen LogP contribution in [0.1, 0.15) is 23.7 Å². The summed E-state index contributed by atoms with van der Waals surface area (Å²) in [5.74, 6) is 0. The summed E-state index contributed by atoms with van der Waals surface area (Å²) in [5, 5.41) is -0.561. The lowest BCUT2D eigenvalue weighted by Gasteiger charge is -2.26. The van der Waals surface area contributed by atoms with E-state index in [-0.39, 0.29) is 12.2 Å². The lowest BCUT2D eigenvalue weighted by atomic mass is 10.0. The molecular weight excluding hydrogens is 312 g/mol. The van der Waals surface area contributed by atoms with Crippen LogP contribution in [0, 0.1) is 6.92 Å². The molecule has 0 amide bonds. The zero-order valence-electron chi connectivity index (χ0n) is 12.8. The van der Waals surface area contributed by atoms with Crippen LogP contribution in [-0.2, 0) is 19.3 Å². The highest BCUT2D eigenvalue weighted by atomic mass is 32.2. The van der Waals surface area contributed by atoms with Crippen LogP contribution in [0.5, 0.6) is 0 Å². The maximum absolute atomic E-state index is 13.0. The summed E-state index contributed by atoms with van der Waals surface area (Å²) in [6.07, 6.45) is -0.577. The van der Waals surface area contributed by atoms with Crippen molar-refractivity contribution in [3.8, 4) is 0 Å². The Morgan fingerprint density at radius 3 is 2.35 bits per heavy atom. The van der Waals surface area contributed by atoms with Crippen molar-refractivity contribution in [3.05, 3.63) is 65.7 Å². The Bertz CT molecular complexity index is 799. The highest BCUT2D eigenvalue weighted by molar-refractivity contribution is 7.92. The molecule has 4 atom stereocenters. The van der Waals surface area contributed by atoms with Crippen LogP contribution < -0.4 is 0 Å². The topological polar surface area (TPSA) is 55.9 Å². The predicted octanol–water partition coefficient (Wildman–Crippen LogP) is 3.02. The molecule has 0 radical (unpaired) electrons. The number of ether oxygens (including phenoxy) is 2. The van der Waals surface area contributed by atoms with Gasteiger partial charge in [0.05, 0.1) is 16.2 Å². The molecule has 0 unspecified atom stereocenters. The molecule has 120 valence electrons. The van der Waals surface area contributed by atoms with E-state index in [1.165, 1.54) is 0 Å². The van der Waals surface area contributed by atoms with Gasteiger partial charge in [-0.25, -0.2) is 8.42 Å². The summed E-state index contributed by atoms with van der Waals surface area (Å²) in [6, 6.07) is 16.7. The zero-order chi connectivity index (χ0) is 16.0. The summed E-state index contributed by atoms with van der Waals surface area (Å²) in [6.45, 7) is 1.94. The monoisotopic (exact) mass is 330 g/mol. The van der Waals surface area contributed by atoms with E-state index in [2.05, 4.69) is 0 Å². The Kier molecular flexibility index (Phi) is 3.52. The Balaban J connectivity index is 1.64. The fraction of sp³-hybridized carbons (Fsp3) is 0.333. The summed E-state index contributed by atoms with van der Waals surface area (Å²) in [5.41, 5.74) is 2.03. The summed E-state index contributed by atoms with van der Waals surface area (Å²) >= 11 is 0. The summed E-state index contributed by atoms with van der Waals surface area (Å²) < 4.78 is 37.3. The van der Waals surface area contributed by atoms with Crippen molar-refractivity contribution in [1.29, 1.82) is 0 Å². The summed E-state index contributed by atoms with van der Waals surface area (Å²) in [4.78, 5) is 0.357. The van der Waals surface area contributed by atoms with Crippen LogP contribution in [0.4, 0.5) is 0 Å². The van der Waals surface area contributed by atoms with E-state index in [0.29, 0.717) is 11.3 Å². The van der Waals surface area contributed by atoms with Crippen LogP contribution >= 0.6 is 0 Å². The minimum Gasteiger partial charge on any atom is -0.342 e. The van der Waals surface area contributed by atoms with Crippen LogP contribution in [0.25, 0.3) is 0 Å². The third-order valence-corrected chi connectivity index (χ3v) is 6.70. The minimum atomic E-state index is -3.43. The van der Waals surface area contributed by atoms with E-state index in [1.54, 1.807) is 12.1 Å². The molecule has 2 aromatic rings. The number of benzene rings is 2. The molecule has 0 N–H and O–H groups in total. The van der Waals surface area contributed by atoms with Gasteiger partial charge in [0, 0.05) is 0 Å². The molecule has 5 heteroatoms. The lowest BCUT2D eigenvalue weighted by Crippen LogP contribution is -2.35. The molecule has 0 saturated carbocycles. The first-order valence-electron chi connectivity index (χ1n) is 7.72. The fourth-order valence-corrected chi connectivity index (χ4v) is 4.97. The van der Waals surface area contributed by atoms with Gasteiger partial charge in [-0.05, 0) is 31.0 Å².